The van der Waals surface area contributed by atoms with E-state index in [1.54, 1.807) is 0 Å². The number of carboxylic acid groups (broad SMARTS) is 1. The van der Waals surface area contributed by atoms with Crippen molar-refractivity contribution in [3.8, 4) is 0 Å². The highest BCUT2D eigenvalue weighted by Gasteiger charge is 2.29. The summed E-state index contributed by atoms with van der Waals surface area (Å²) in [6.45, 7) is 4.97. The molecular weight excluding hydrogens is 384 g/mol. The molecule has 0 spiro atoms. The SMILES string of the molecule is CCNC[C@@](O)(CCCCCCC[C@H](CC=O)C[C@@H]1CC[C@@H](O)[C@H](C)N1)CC(=O)O. The van der Waals surface area contributed by atoms with Gasteiger partial charge in [0.15, 0.2) is 0 Å². The fourth-order valence-corrected chi connectivity index (χ4v) is 4.54. The van der Waals surface area contributed by atoms with Gasteiger partial charge in [-0.05, 0) is 51.5 Å². The van der Waals surface area contributed by atoms with Crippen molar-refractivity contribution < 1.29 is 24.9 Å². The molecule has 7 nitrogen and oxygen atoms in total. The average molecular weight is 429 g/mol. The highest BCUT2D eigenvalue weighted by Crippen LogP contribution is 2.25. The molecule has 1 aliphatic rings. The van der Waals surface area contributed by atoms with Crippen LogP contribution in [0.3, 0.4) is 0 Å². The zero-order chi connectivity index (χ0) is 22.4. The van der Waals surface area contributed by atoms with Gasteiger partial charge in [0.25, 0.3) is 0 Å². The molecule has 7 heteroatoms. The van der Waals surface area contributed by atoms with Gasteiger partial charge in [0, 0.05) is 25.0 Å². The normalized spacial score (nSPS) is 24.9. The molecule has 1 fully saturated rings. The first-order chi connectivity index (χ1) is 14.3. The number of hydrogen-bond donors (Lipinski definition) is 5. The first kappa shape index (κ1) is 27.0. The van der Waals surface area contributed by atoms with Crippen molar-refractivity contribution in [2.45, 2.75) is 115 Å². The zero-order valence-corrected chi connectivity index (χ0v) is 18.9. The Morgan fingerprint density at radius 1 is 1.23 bits per heavy atom. The van der Waals surface area contributed by atoms with E-state index >= 15 is 0 Å². The Morgan fingerprint density at radius 2 is 1.93 bits per heavy atom. The molecule has 0 radical (unpaired) electrons. The molecule has 1 rings (SSSR count). The van der Waals surface area contributed by atoms with Gasteiger partial charge in [0.1, 0.15) is 6.29 Å². The Labute approximate surface area is 182 Å². The van der Waals surface area contributed by atoms with Crippen molar-refractivity contribution in [3.05, 3.63) is 0 Å². The Kier molecular flexibility index (Phi) is 13.4. The van der Waals surface area contributed by atoms with E-state index in [2.05, 4.69) is 10.6 Å². The van der Waals surface area contributed by atoms with Crippen LogP contribution in [0.1, 0.15) is 90.9 Å². The predicted molar refractivity (Wildman–Crippen MR) is 118 cm³/mol. The number of piperidine rings is 1. The van der Waals surface area contributed by atoms with E-state index in [0.717, 1.165) is 64.1 Å². The van der Waals surface area contributed by atoms with Crippen molar-refractivity contribution in [1.29, 1.82) is 0 Å². The van der Waals surface area contributed by atoms with Gasteiger partial charge >= 0.3 is 5.97 Å². The molecule has 0 bridgehead atoms. The van der Waals surface area contributed by atoms with E-state index in [0.29, 0.717) is 37.9 Å². The Balaban J connectivity index is 2.23. The minimum absolute atomic E-state index is 0.118. The summed E-state index contributed by atoms with van der Waals surface area (Å²) in [5.74, 6) is -0.573. The topological polar surface area (TPSA) is 119 Å². The predicted octanol–water partition coefficient (Wildman–Crippen LogP) is 2.63. The molecule has 176 valence electrons. The second-order valence-corrected chi connectivity index (χ2v) is 9.18. The van der Waals surface area contributed by atoms with E-state index < -0.39 is 11.6 Å². The lowest BCUT2D eigenvalue weighted by Crippen LogP contribution is -2.49. The van der Waals surface area contributed by atoms with Crippen molar-refractivity contribution >= 4 is 12.3 Å². The lowest BCUT2D eigenvalue weighted by Gasteiger charge is -2.34. The number of carboxylic acids is 1. The molecule has 0 aliphatic carbocycles. The Morgan fingerprint density at radius 3 is 2.57 bits per heavy atom. The maximum Gasteiger partial charge on any atom is 0.306 e. The van der Waals surface area contributed by atoms with Crippen LogP contribution >= 0.6 is 0 Å². The van der Waals surface area contributed by atoms with Crippen LogP contribution in [0.25, 0.3) is 0 Å². The molecule has 0 aromatic carbocycles. The Hall–Kier alpha value is -1.02. The minimum atomic E-state index is -1.17. The lowest BCUT2D eigenvalue weighted by atomic mass is 9.86. The second-order valence-electron chi connectivity index (χ2n) is 9.18. The molecular formula is C23H44N2O5. The van der Waals surface area contributed by atoms with Crippen LogP contribution in [0, 0.1) is 5.92 Å². The summed E-state index contributed by atoms with van der Waals surface area (Å²) in [4.78, 5) is 22.1. The molecule has 0 aromatic heterocycles. The van der Waals surface area contributed by atoms with Gasteiger partial charge in [0.05, 0.1) is 18.1 Å². The van der Waals surface area contributed by atoms with Crippen LogP contribution in [0.2, 0.25) is 0 Å². The third kappa shape index (κ3) is 11.4. The smallest absolute Gasteiger partial charge is 0.306 e. The number of aliphatic hydroxyl groups excluding tert-OH is 1. The monoisotopic (exact) mass is 428 g/mol. The van der Waals surface area contributed by atoms with Crippen LogP contribution in [0.5, 0.6) is 0 Å². The number of unbranched alkanes of at least 4 members (excludes halogenated alkanes) is 4. The fourth-order valence-electron chi connectivity index (χ4n) is 4.54. The molecule has 5 atom stereocenters. The van der Waals surface area contributed by atoms with Crippen molar-refractivity contribution in [1.82, 2.24) is 10.6 Å². The molecule has 30 heavy (non-hydrogen) atoms. The summed E-state index contributed by atoms with van der Waals surface area (Å²) in [5, 5.41) is 36.0. The largest absolute Gasteiger partial charge is 0.481 e. The van der Waals surface area contributed by atoms with Crippen LogP contribution < -0.4 is 10.6 Å². The summed E-state index contributed by atoms with van der Waals surface area (Å²) in [5.41, 5.74) is -1.17. The molecule has 1 saturated heterocycles. The summed E-state index contributed by atoms with van der Waals surface area (Å²) < 4.78 is 0. The van der Waals surface area contributed by atoms with Crippen molar-refractivity contribution in [3.63, 3.8) is 0 Å². The molecule has 0 amide bonds. The average Bonchev–Trinajstić information content (AvgIpc) is 2.68. The number of rotatable bonds is 17. The first-order valence-corrected chi connectivity index (χ1v) is 11.8. The van der Waals surface area contributed by atoms with Crippen molar-refractivity contribution in [2.75, 3.05) is 13.1 Å². The molecule has 1 heterocycles. The summed E-state index contributed by atoms with van der Waals surface area (Å²) in [7, 11) is 0. The number of aliphatic hydroxyl groups is 2. The summed E-state index contributed by atoms with van der Waals surface area (Å²) in [6.07, 6.45) is 10.5. The highest BCUT2D eigenvalue weighted by molar-refractivity contribution is 5.68. The van der Waals surface area contributed by atoms with E-state index in [4.69, 9.17) is 5.11 Å². The molecule has 0 saturated carbocycles. The number of nitrogens with one attached hydrogen (secondary N) is 2. The van der Waals surface area contributed by atoms with Gasteiger partial charge in [-0.15, -0.1) is 0 Å². The van der Waals surface area contributed by atoms with E-state index in [-0.39, 0.29) is 18.6 Å². The molecule has 5 N–H and O–H groups in total. The van der Waals surface area contributed by atoms with Gasteiger partial charge in [-0.3, -0.25) is 4.79 Å². The van der Waals surface area contributed by atoms with E-state index in [9.17, 15) is 19.8 Å². The van der Waals surface area contributed by atoms with Gasteiger partial charge in [0.2, 0.25) is 0 Å². The van der Waals surface area contributed by atoms with Crippen LogP contribution in [-0.2, 0) is 9.59 Å². The number of carbonyl (C=O) groups is 2. The standard InChI is InChI=1S/C23H44N2O5/c1-3-24-17-23(30,16-22(28)29)13-8-6-4-5-7-9-19(12-14-26)15-20-10-11-21(27)18(2)25-20/h14,18-21,24-25,27,30H,3-13,15-17H2,1-2H3,(H,28,29)/t18-,19+,20-,21+,23+/m0/s1. The number of likely N-dealkylation sites (N-methyl/N-ethyl adjacent to an activating group) is 1. The van der Waals surface area contributed by atoms with Crippen LogP contribution in [-0.4, -0.2) is 64.5 Å². The van der Waals surface area contributed by atoms with Gasteiger partial charge in [-0.1, -0.05) is 39.0 Å². The highest BCUT2D eigenvalue weighted by atomic mass is 16.4. The fraction of sp³-hybridized carbons (Fsp3) is 0.913. The summed E-state index contributed by atoms with van der Waals surface area (Å²) >= 11 is 0. The number of aldehydes is 1. The minimum Gasteiger partial charge on any atom is -0.481 e. The van der Waals surface area contributed by atoms with Gasteiger partial charge < -0.3 is 30.7 Å². The van der Waals surface area contributed by atoms with Crippen molar-refractivity contribution in [2.24, 2.45) is 5.92 Å². The van der Waals surface area contributed by atoms with Gasteiger partial charge in [-0.25, -0.2) is 0 Å². The lowest BCUT2D eigenvalue weighted by molar-refractivity contribution is -0.142. The molecule has 0 unspecified atom stereocenters. The molecule has 0 aromatic rings. The quantitative estimate of drug-likeness (QED) is 0.178. The van der Waals surface area contributed by atoms with Gasteiger partial charge in [-0.2, -0.15) is 0 Å². The maximum atomic E-state index is 11.1. The number of hydrogen-bond acceptors (Lipinski definition) is 6. The maximum absolute atomic E-state index is 11.1. The van der Waals surface area contributed by atoms with E-state index in [1.165, 1.54) is 0 Å². The summed E-state index contributed by atoms with van der Waals surface area (Å²) in [6, 6.07) is 0.505. The second kappa shape index (κ2) is 14.9. The molecule has 1 aliphatic heterocycles. The first-order valence-electron chi connectivity index (χ1n) is 11.8. The number of carbonyl (C=O) groups excluding carboxylic acids is 1. The third-order valence-electron chi connectivity index (χ3n) is 6.37. The number of aliphatic carboxylic acids is 1. The van der Waals surface area contributed by atoms with E-state index in [1.807, 2.05) is 13.8 Å². The Bertz CT molecular complexity index is 490. The van der Waals surface area contributed by atoms with Crippen LogP contribution in [0.4, 0.5) is 0 Å². The van der Waals surface area contributed by atoms with Crippen LogP contribution in [0.15, 0.2) is 0 Å². The third-order valence-corrected chi connectivity index (χ3v) is 6.37. The zero-order valence-electron chi connectivity index (χ0n) is 18.9.